The van der Waals surface area contributed by atoms with E-state index in [1.807, 2.05) is 0 Å². The Kier molecular flexibility index (Phi) is 18.5. The fourth-order valence-corrected chi connectivity index (χ4v) is 2.67. The van der Waals surface area contributed by atoms with Crippen molar-refractivity contribution in [2.45, 2.75) is 96.8 Å². The fourth-order valence-electron chi connectivity index (χ4n) is 2.67. The van der Waals surface area contributed by atoms with Gasteiger partial charge in [0.15, 0.2) is 0 Å². The monoisotopic (exact) mass is 324 g/mol. The van der Waals surface area contributed by atoms with Crippen molar-refractivity contribution in [3.63, 3.8) is 0 Å². The maximum Gasteiger partial charge on any atom is 0.233 e. The Morgan fingerprint density at radius 1 is 0.783 bits per heavy atom. The van der Waals surface area contributed by atoms with Gasteiger partial charge in [0.1, 0.15) is 0 Å². The normalized spacial score (nSPS) is 11.2. The van der Waals surface area contributed by atoms with Crippen LogP contribution in [0.3, 0.4) is 0 Å². The van der Waals surface area contributed by atoms with Gasteiger partial charge >= 0.3 is 0 Å². The van der Waals surface area contributed by atoms with Gasteiger partial charge in [0.2, 0.25) is 5.91 Å². The lowest BCUT2D eigenvalue weighted by atomic mass is 10.1. The highest BCUT2D eigenvalue weighted by Crippen LogP contribution is 2.09. The van der Waals surface area contributed by atoms with Crippen molar-refractivity contribution < 1.29 is 4.79 Å². The molecule has 0 aromatic carbocycles. The molecule has 0 aromatic heterocycles. The minimum absolute atomic E-state index is 0.0438. The summed E-state index contributed by atoms with van der Waals surface area (Å²) >= 11 is 0. The van der Waals surface area contributed by atoms with Gasteiger partial charge in [0.25, 0.3) is 0 Å². The number of amides is 1. The number of hydrogen-bond acceptors (Lipinski definition) is 2. The molecule has 3 heteroatoms. The summed E-state index contributed by atoms with van der Waals surface area (Å²) < 4.78 is 0. The van der Waals surface area contributed by atoms with Gasteiger partial charge in [-0.15, -0.1) is 0 Å². The van der Waals surface area contributed by atoms with Crippen LogP contribution in [0, 0.1) is 0 Å². The summed E-state index contributed by atoms with van der Waals surface area (Å²) in [4.78, 5) is 10.9. The summed E-state index contributed by atoms with van der Waals surface area (Å²) in [6.07, 6.45) is 23.1. The van der Waals surface area contributed by atoms with Crippen molar-refractivity contribution in [2.24, 2.45) is 5.73 Å². The average Bonchev–Trinajstić information content (AvgIpc) is 2.57. The maximum atomic E-state index is 10.9. The van der Waals surface area contributed by atoms with Crippen LogP contribution in [0.1, 0.15) is 96.8 Å². The van der Waals surface area contributed by atoms with Crippen LogP contribution in [0.5, 0.6) is 0 Å². The number of nitrogens with two attached hydrogens (primary N) is 1. The van der Waals surface area contributed by atoms with Gasteiger partial charge in [0.05, 0.1) is 6.54 Å². The van der Waals surface area contributed by atoms with Gasteiger partial charge < -0.3 is 11.1 Å². The second kappa shape index (κ2) is 19.2. The van der Waals surface area contributed by atoms with Crippen LogP contribution in [-0.4, -0.2) is 19.0 Å². The molecule has 0 aliphatic heterocycles. The van der Waals surface area contributed by atoms with Crippen molar-refractivity contribution >= 4 is 5.91 Å². The quantitative estimate of drug-likeness (QED) is 0.289. The molecule has 0 bridgehead atoms. The van der Waals surface area contributed by atoms with Crippen LogP contribution < -0.4 is 11.1 Å². The van der Waals surface area contributed by atoms with Gasteiger partial charge in [-0.3, -0.25) is 4.79 Å². The van der Waals surface area contributed by atoms with Gasteiger partial charge in [-0.2, -0.15) is 0 Å². The van der Waals surface area contributed by atoms with Crippen molar-refractivity contribution in [1.82, 2.24) is 5.32 Å². The molecule has 0 aromatic rings. The molecule has 0 saturated carbocycles. The van der Waals surface area contributed by atoms with Gasteiger partial charge in [0, 0.05) is 6.54 Å². The molecule has 136 valence electrons. The lowest BCUT2D eigenvalue weighted by molar-refractivity contribution is -0.119. The summed E-state index contributed by atoms with van der Waals surface area (Å²) in [7, 11) is 0. The first-order chi connectivity index (χ1) is 11.3. The van der Waals surface area contributed by atoms with Crippen LogP contribution in [0.2, 0.25) is 0 Å². The smallest absolute Gasteiger partial charge is 0.233 e. The predicted molar refractivity (Wildman–Crippen MR) is 102 cm³/mol. The molecule has 0 fully saturated rings. The first kappa shape index (κ1) is 22.2. The molecular weight excluding hydrogens is 284 g/mol. The van der Waals surface area contributed by atoms with Crippen molar-refractivity contribution in [2.75, 3.05) is 13.1 Å². The molecule has 3 N–H and O–H groups in total. The number of rotatable bonds is 17. The largest absolute Gasteiger partial charge is 0.355 e. The van der Waals surface area contributed by atoms with E-state index >= 15 is 0 Å². The van der Waals surface area contributed by atoms with Crippen molar-refractivity contribution in [1.29, 1.82) is 0 Å². The minimum Gasteiger partial charge on any atom is -0.355 e. The number of allylic oxidation sites excluding steroid dienone is 2. The van der Waals surface area contributed by atoms with Crippen LogP contribution >= 0.6 is 0 Å². The van der Waals surface area contributed by atoms with E-state index in [4.69, 9.17) is 5.73 Å². The van der Waals surface area contributed by atoms with Gasteiger partial charge in [-0.05, 0) is 32.1 Å². The van der Waals surface area contributed by atoms with E-state index < -0.39 is 0 Å². The van der Waals surface area contributed by atoms with E-state index in [-0.39, 0.29) is 12.5 Å². The molecule has 0 heterocycles. The van der Waals surface area contributed by atoms with E-state index in [1.54, 1.807) is 0 Å². The van der Waals surface area contributed by atoms with E-state index in [9.17, 15) is 4.79 Å². The maximum absolute atomic E-state index is 10.9. The Bertz CT molecular complexity index is 277. The summed E-state index contributed by atoms with van der Waals surface area (Å²) in [5.41, 5.74) is 5.23. The highest BCUT2D eigenvalue weighted by Gasteiger charge is 1.95. The molecule has 1 amide bonds. The number of nitrogens with one attached hydrogen (secondary N) is 1. The molecule has 0 saturated heterocycles. The summed E-state index contributed by atoms with van der Waals surface area (Å²) in [5.74, 6) is -0.0438. The lowest BCUT2D eigenvalue weighted by Gasteiger charge is -2.03. The first-order valence-electron chi connectivity index (χ1n) is 9.93. The Labute approximate surface area is 144 Å². The zero-order chi connectivity index (χ0) is 17.0. The third-order valence-electron chi connectivity index (χ3n) is 4.20. The standard InChI is InChI=1S/C20H40N2O/c1-2-3-4-5-6-7-8-9-10-11-12-13-14-15-16-17-18-22-20(23)19-21/h9-10H,2-8,11-19,21H2,1H3,(H,22,23). The van der Waals surface area contributed by atoms with Crippen LogP contribution in [-0.2, 0) is 4.79 Å². The molecule has 0 spiro atoms. The third-order valence-corrected chi connectivity index (χ3v) is 4.20. The van der Waals surface area contributed by atoms with Crippen molar-refractivity contribution in [3.05, 3.63) is 12.2 Å². The average molecular weight is 325 g/mol. The molecule has 3 nitrogen and oxygen atoms in total. The highest BCUT2D eigenvalue weighted by molar-refractivity contribution is 5.77. The Morgan fingerprint density at radius 3 is 1.78 bits per heavy atom. The molecule has 0 radical (unpaired) electrons. The Morgan fingerprint density at radius 2 is 1.26 bits per heavy atom. The molecule has 0 rings (SSSR count). The zero-order valence-corrected chi connectivity index (χ0v) is 15.5. The number of hydrogen-bond donors (Lipinski definition) is 2. The first-order valence-corrected chi connectivity index (χ1v) is 9.93. The topological polar surface area (TPSA) is 55.1 Å². The van der Waals surface area contributed by atoms with Gasteiger partial charge in [-0.25, -0.2) is 0 Å². The Hall–Kier alpha value is -0.830. The second-order valence-electron chi connectivity index (χ2n) is 6.49. The summed E-state index contributed by atoms with van der Waals surface area (Å²) in [6, 6.07) is 0. The SMILES string of the molecule is CCCCCCCCC=CCCCCCCCCNC(=O)CN. The van der Waals surface area contributed by atoms with Crippen LogP contribution in [0.25, 0.3) is 0 Å². The van der Waals surface area contributed by atoms with E-state index in [1.165, 1.54) is 83.5 Å². The number of carbonyl (C=O) groups excluding carboxylic acids is 1. The van der Waals surface area contributed by atoms with E-state index in [2.05, 4.69) is 24.4 Å². The summed E-state index contributed by atoms with van der Waals surface area (Å²) in [5, 5.41) is 2.81. The molecule has 0 aliphatic rings. The Balaban J connectivity index is 3.09. The second-order valence-corrected chi connectivity index (χ2v) is 6.49. The lowest BCUT2D eigenvalue weighted by Crippen LogP contribution is -2.30. The van der Waals surface area contributed by atoms with Gasteiger partial charge in [-0.1, -0.05) is 76.9 Å². The van der Waals surface area contributed by atoms with E-state index in [0.717, 1.165) is 13.0 Å². The van der Waals surface area contributed by atoms with Crippen LogP contribution in [0.15, 0.2) is 12.2 Å². The molecular formula is C20H40N2O. The van der Waals surface area contributed by atoms with E-state index in [0.29, 0.717) is 0 Å². The minimum atomic E-state index is -0.0438. The third kappa shape index (κ3) is 19.1. The highest BCUT2D eigenvalue weighted by atomic mass is 16.1. The number of carbonyl (C=O) groups is 1. The molecule has 0 unspecified atom stereocenters. The predicted octanol–water partition coefficient (Wildman–Crippen LogP) is 5.10. The molecule has 0 aliphatic carbocycles. The molecule has 0 atom stereocenters. The fraction of sp³-hybridized carbons (Fsp3) is 0.850. The zero-order valence-electron chi connectivity index (χ0n) is 15.5. The van der Waals surface area contributed by atoms with Crippen molar-refractivity contribution in [3.8, 4) is 0 Å². The van der Waals surface area contributed by atoms with Crippen LogP contribution in [0.4, 0.5) is 0 Å². The number of unbranched alkanes of at least 4 members (excludes halogenated alkanes) is 12. The molecule has 23 heavy (non-hydrogen) atoms. The summed E-state index contributed by atoms with van der Waals surface area (Å²) in [6.45, 7) is 3.15.